The molecule has 0 bridgehead atoms. The lowest BCUT2D eigenvalue weighted by Crippen LogP contribution is -2.52. The van der Waals surface area contributed by atoms with Crippen LogP contribution in [-0.2, 0) is 27.5 Å². The highest BCUT2D eigenvalue weighted by Gasteiger charge is 2.44. The maximum atomic E-state index is 12.4. The van der Waals surface area contributed by atoms with Gasteiger partial charge in [0.05, 0.1) is 11.5 Å². The molecule has 1 heterocycles. The number of nitrogens with one attached hydrogen (secondary N) is 1. The lowest BCUT2D eigenvalue weighted by Gasteiger charge is -2.25. The zero-order valence-corrected chi connectivity index (χ0v) is 12.7. The summed E-state index contributed by atoms with van der Waals surface area (Å²) in [5.74, 6) is -0.529. The number of amides is 1. The Balaban J connectivity index is 1.73. The van der Waals surface area contributed by atoms with Crippen molar-refractivity contribution in [3.05, 3.63) is 35.4 Å². The Labute approximate surface area is 124 Å². The zero-order valence-electron chi connectivity index (χ0n) is 11.9. The van der Waals surface area contributed by atoms with Crippen LogP contribution in [-0.4, -0.2) is 42.6 Å². The predicted molar refractivity (Wildman–Crippen MR) is 78.5 cm³/mol. The van der Waals surface area contributed by atoms with Crippen molar-refractivity contribution < 1.29 is 18.3 Å². The van der Waals surface area contributed by atoms with Crippen molar-refractivity contribution in [1.82, 2.24) is 5.32 Å². The van der Waals surface area contributed by atoms with E-state index in [9.17, 15) is 18.3 Å². The van der Waals surface area contributed by atoms with Crippen LogP contribution in [0, 0.1) is 5.92 Å². The van der Waals surface area contributed by atoms with Gasteiger partial charge in [-0.1, -0.05) is 31.2 Å². The normalized spacial score (nSPS) is 29.0. The van der Waals surface area contributed by atoms with Gasteiger partial charge < -0.3 is 10.4 Å². The Morgan fingerprint density at radius 1 is 1.24 bits per heavy atom. The molecule has 0 saturated carbocycles. The number of aliphatic hydroxyl groups is 1. The highest BCUT2D eigenvalue weighted by molar-refractivity contribution is 7.91. The fraction of sp³-hybridized carbons (Fsp3) is 0.533. The monoisotopic (exact) mass is 309 g/mol. The Bertz CT molecular complexity index is 658. The maximum Gasteiger partial charge on any atom is 0.252 e. The van der Waals surface area contributed by atoms with Crippen molar-refractivity contribution in [3.8, 4) is 0 Å². The van der Waals surface area contributed by atoms with Crippen molar-refractivity contribution in [2.45, 2.75) is 31.4 Å². The molecule has 1 saturated heterocycles. The minimum Gasteiger partial charge on any atom is -0.379 e. The number of benzene rings is 1. The molecule has 1 aliphatic heterocycles. The van der Waals surface area contributed by atoms with Gasteiger partial charge in [0.15, 0.2) is 15.4 Å². The van der Waals surface area contributed by atoms with Gasteiger partial charge in [-0.25, -0.2) is 8.42 Å². The lowest BCUT2D eigenvalue weighted by molar-refractivity contribution is -0.139. The van der Waals surface area contributed by atoms with Crippen molar-refractivity contribution in [2.24, 2.45) is 5.92 Å². The summed E-state index contributed by atoms with van der Waals surface area (Å²) in [6.07, 6.45) is 0.561. The number of rotatable bonds is 2. The first-order valence-electron chi connectivity index (χ1n) is 7.10. The van der Waals surface area contributed by atoms with Crippen LogP contribution < -0.4 is 5.32 Å². The highest BCUT2D eigenvalue weighted by atomic mass is 32.2. The van der Waals surface area contributed by atoms with E-state index in [0.29, 0.717) is 0 Å². The number of hydrogen-bond donors (Lipinski definition) is 2. The van der Waals surface area contributed by atoms with Crippen LogP contribution >= 0.6 is 0 Å². The molecule has 1 amide bonds. The van der Waals surface area contributed by atoms with Gasteiger partial charge in [0.2, 0.25) is 0 Å². The number of fused-ring (bicyclic) bond motifs is 1. The molecule has 1 aliphatic carbocycles. The van der Waals surface area contributed by atoms with Gasteiger partial charge in [-0.3, -0.25) is 4.79 Å². The molecule has 2 atom stereocenters. The van der Waals surface area contributed by atoms with Crippen LogP contribution in [0.1, 0.15) is 18.1 Å². The molecule has 0 radical (unpaired) electrons. The van der Waals surface area contributed by atoms with Gasteiger partial charge in [0.1, 0.15) is 0 Å². The quantitative estimate of drug-likeness (QED) is 0.809. The van der Waals surface area contributed by atoms with Crippen LogP contribution in [0.3, 0.4) is 0 Å². The van der Waals surface area contributed by atoms with Crippen LogP contribution in [0.2, 0.25) is 0 Å². The minimum absolute atomic E-state index is 0.0388. The summed E-state index contributed by atoms with van der Waals surface area (Å²) in [7, 11) is -3.08. The van der Waals surface area contributed by atoms with Gasteiger partial charge in [0.25, 0.3) is 5.91 Å². The average Bonchev–Trinajstić information content (AvgIpc) is 2.86. The molecule has 1 fully saturated rings. The first-order valence-corrected chi connectivity index (χ1v) is 8.92. The highest BCUT2D eigenvalue weighted by Crippen LogP contribution is 2.30. The molecule has 0 spiro atoms. The summed E-state index contributed by atoms with van der Waals surface area (Å²) in [5.41, 5.74) is 0.486. The summed E-state index contributed by atoms with van der Waals surface area (Å²) in [5, 5.41) is 13.3. The molecule has 5 nitrogen and oxygen atoms in total. The fourth-order valence-electron chi connectivity index (χ4n) is 3.26. The molecule has 3 rings (SSSR count). The lowest BCUT2D eigenvalue weighted by atomic mass is 9.97. The van der Waals surface area contributed by atoms with Gasteiger partial charge in [-0.05, 0) is 17.0 Å². The van der Waals surface area contributed by atoms with E-state index in [1.165, 1.54) is 0 Å². The maximum absolute atomic E-state index is 12.4. The first-order chi connectivity index (χ1) is 9.79. The molecule has 114 valence electrons. The van der Waals surface area contributed by atoms with Gasteiger partial charge in [-0.15, -0.1) is 0 Å². The van der Waals surface area contributed by atoms with E-state index in [1.54, 1.807) is 0 Å². The third kappa shape index (κ3) is 2.70. The van der Waals surface area contributed by atoms with Crippen LogP contribution in [0.5, 0.6) is 0 Å². The minimum atomic E-state index is -3.08. The smallest absolute Gasteiger partial charge is 0.252 e. The van der Waals surface area contributed by atoms with E-state index < -0.39 is 27.4 Å². The largest absolute Gasteiger partial charge is 0.379 e. The molecular weight excluding hydrogens is 290 g/mol. The molecular formula is C15H19NO4S. The Hall–Kier alpha value is -1.40. The Kier molecular flexibility index (Phi) is 3.33. The van der Waals surface area contributed by atoms with E-state index in [1.807, 2.05) is 31.2 Å². The fourth-order valence-corrected chi connectivity index (χ4v) is 5.39. The Morgan fingerprint density at radius 2 is 1.81 bits per heavy atom. The van der Waals surface area contributed by atoms with Crippen molar-refractivity contribution in [2.75, 3.05) is 11.5 Å². The van der Waals surface area contributed by atoms with Gasteiger partial charge >= 0.3 is 0 Å². The third-order valence-electron chi connectivity index (χ3n) is 4.46. The Morgan fingerprint density at radius 3 is 2.29 bits per heavy atom. The number of sulfone groups is 1. The second-order valence-electron chi connectivity index (χ2n) is 6.29. The molecule has 0 unspecified atom stereocenters. The van der Waals surface area contributed by atoms with E-state index in [0.717, 1.165) is 11.1 Å². The molecule has 6 heteroatoms. The predicted octanol–water partition coefficient (Wildman–Crippen LogP) is 0.0656. The summed E-state index contributed by atoms with van der Waals surface area (Å²) in [4.78, 5) is 12.4. The molecule has 21 heavy (non-hydrogen) atoms. The van der Waals surface area contributed by atoms with E-state index in [2.05, 4.69) is 5.32 Å². The second-order valence-corrected chi connectivity index (χ2v) is 8.44. The molecule has 2 aliphatic rings. The molecule has 0 aromatic heterocycles. The van der Waals surface area contributed by atoms with Crippen LogP contribution in [0.25, 0.3) is 0 Å². The van der Waals surface area contributed by atoms with E-state index in [4.69, 9.17) is 0 Å². The zero-order chi connectivity index (χ0) is 15.3. The topological polar surface area (TPSA) is 83.5 Å². The van der Waals surface area contributed by atoms with E-state index >= 15 is 0 Å². The molecule has 2 N–H and O–H groups in total. The van der Waals surface area contributed by atoms with Crippen molar-refractivity contribution in [3.63, 3.8) is 0 Å². The van der Waals surface area contributed by atoms with E-state index in [-0.39, 0.29) is 30.3 Å². The van der Waals surface area contributed by atoms with Crippen LogP contribution in [0.4, 0.5) is 0 Å². The van der Waals surface area contributed by atoms with Gasteiger partial charge in [-0.2, -0.15) is 0 Å². The SMILES string of the molecule is C[C@H]1CS(=O)(=O)C[C@H]1NC(=O)C1(O)Cc2ccccc2C1. The average molecular weight is 309 g/mol. The molecule has 1 aromatic rings. The molecule has 1 aromatic carbocycles. The number of carbonyl (C=O) groups is 1. The third-order valence-corrected chi connectivity index (χ3v) is 6.36. The summed E-state index contributed by atoms with van der Waals surface area (Å²) >= 11 is 0. The first kappa shape index (κ1) is 14.5. The number of carbonyl (C=O) groups excluding carboxylic acids is 1. The summed E-state index contributed by atoms with van der Waals surface area (Å²) in [6.45, 7) is 1.81. The number of hydrogen-bond acceptors (Lipinski definition) is 4. The standard InChI is InChI=1S/C15H19NO4S/c1-10-8-21(19,20)9-13(10)16-14(17)15(18)6-11-4-2-3-5-12(11)7-15/h2-5,10,13,18H,6-9H2,1H3,(H,16,17)/t10-,13+/m0/s1. The summed E-state index contributed by atoms with van der Waals surface area (Å²) in [6, 6.07) is 7.17. The van der Waals surface area contributed by atoms with Crippen LogP contribution in [0.15, 0.2) is 24.3 Å². The second kappa shape index (κ2) is 4.81. The summed E-state index contributed by atoms with van der Waals surface area (Å²) < 4.78 is 23.2. The van der Waals surface area contributed by atoms with Crippen molar-refractivity contribution >= 4 is 15.7 Å². The van der Waals surface area contributed by atoms with Crippen molar-refractivity contribution in [1.29, 1.82) is 0 Å². The van der Waals surface area contributed by atoms with Gasteiger partial charge in [0, 0.05) is 18.9 Å².